The van der Waals surface area contributed by atoms with Crippen LogP contribution in [0.15, 0.2) is 43.1 Å². The van der Waals surface area contributed by atoms with Crippen LogP contribution in [-0.4, -0.2) is 113 Å². The van der Waals surface area contributed by atoms with E-state index in [1.165, 1.54) is 15.9 Å². The number of thiophene rings is 1. The zero-order chi connectivity index (χ0) is 27.6. The first-order chi connectivity index (χ1) is 19.5. The quantitative estimate of drug-likeness (QED) is 0.343. The van der Waals surface area contributed by atoms with Gasteiger partial charge in [-0.25, -0.2) is 9.97 Å². The number of fused-ring (bicyclic) bond motifs is 2. The van der Waals surface area contributed by atoms with Crippen molar-refractivity contribution in [3.05, 3.63) is 48.0 Å². The van der Waals surface area contributed by atoms with Gasteiger partial charge in [-0.05, 0) is 18.2 Å². The molecule has 3 aromatic heterocycles. The molecule has 0 radical (unpaired) electrons. The molecule has 12 heteroatoms. The van der Waals surface area contributed by atoms with Gasteiger partial charge in [0.1, 0.15) is 0 Å². The maximum atomic E-state index is 12.7. The minimum atomic E-state index is -0.249. The molecule has 208 valence electrons. The van der Waals surface area contributed by atoms with Crippen molar-refractivity contribution in [1.29, 1.82) is 0 Å². The Morgan fingerprint density at radius 3 is 2.73 bits per heavy atom. The number of H-pyrrole nitrogens is 1. The van der Waals surface area contributed by atoms with E-state index < -0.39 is 0 Å². The van der Waals surface area contributed by atoms with Crippen LogP contribution in [0, 0.1) is 0 Å². The monoisotopic (exact) mass is 560 g/mol. The van der Waals surface area contributed by atoms with Gasteiger partial charge >= 0.3 is 0 Å². The third kappa shape index (κ3) is 5.29. The molecule has 0 aliphatic carbocycles. The number of aromatic nitrogens is 4. The molecule has 0 atom stereocenters. The lowest BCUT2D eigenvalue weighted by Crippen LogP contribution is -2.50. The van der Waals surface area contributed by atoms with Crippen LogP contribution in [0.5, 0.6) is 0 Å². The van der Waals surface area contributed by atoms with Crippen LogP contribution >= 0.6 is 11.3 Å². The van der Waals surface area contributed by atoms with E-state index in [0.717, 1.165) is 65.2 Å². The molecule has 2 saturated heterocycles. The third-order valence-electron chi connectivity index (χ3n) is 7.47. The average molecular weight is 561 g/mol. The molecule has 2 amide bonds. The molecule has 0 unspecified atom stereocenters. The van der Waals surface area contributed by atoms with Gasteiger partial charge in [0.25, 0.3) is 0 Å². The number of likely N-dealkylation sites (N-methyl/N-ethyl adjacent to an activating group) is 1. The number of carbonyl (C=O) groups is 2. The number of hydrogen-bond acceptors (Lipinski definition) is 9. The van der Waals surface area contributed by atoms with Crippen molar-refractivity contribution in [1.82, 2.24) is 34.9 Å². The van der Waals surface area contributed by atoms with Crippen molar-refractivity contribution in [2.75, 3.05) is 71.0 Å². The smallest absolute Gasteiger partial charge is 0.246 e. The van der Waals surface area contributed by atoms with Gasteiger partial charge in [-0.1, -0.05) is 18.7 Å². The average Bonchev–Trinajstić information content (AvgIpc) is 3.63. The second-order valence-electron chi connectivity index (χ2n) is 10.1. The molecule has 0 bridgehead atoms. The maximum Gasteiger partial charge on any atom is 0.246 e. The first-order valence-electron chi connectivity index (χ1n) is 13.4. The zero-order valence-corrected chi connectivity index (χ0v) is 23.3. The topological polar surface area (TPSA) is 111 Å². The summed E-state index contributed by atoms with van der Waals surface area (Å²) in [5, 5.41) is 8.25. The Hall–Kier alpha value is -3.87. The van der Waals surface area contributed by atoms with Gasteiger partial charge in [0.2, 0.25) is 11.8 Å². The van der Waals surface area contributed by atoms with Crippen LogP contribution in [0.2, 0.25) is 0 Å². The van der Waals surface area contributed by atoms with Crippen LogP contribution in [0.3, 0.4) is 0 Å². The number of aromatic amines is 1. The van der Waals surface area contributed by atoms with E-state index in [1.807, 2.05) is 29.3 Å². The molecule has 0 saturated carbocycles. The Labute approximate surface area is 236 Å². The highest BCUT2D eigenvalue weighted by atomic mass is 32.1. The molecule has 6 rings (SSSR count). The van der Waals surface area contributed by atoms with E-state index in [1.54, 1.807) is 18.4 Å². The second kappa shape index (κ2) is 11.3. The summed E-state index contributed by atoms with van der Waals surface area (Å²) in [5.74, 6) is 1.36. The van der Waals surface area contributed by atoms with Crippen molar-refractivity contribution < 1.29 is 14.3 Å². The summed E-state index contributed by atoms with van der Waals surface area (Å²) in [5.41, 5.74) is 2.85. The molecule has 11 nitrogen and oxygen atoms in total. The van der Waals surface area contributed by atoms with Gasteiger partial charge < -0.3 is 19.4 Å². The number of anilines is 1. The number of piperazine rings is 1. The fourth-order valence-electron chi connectivity index (χ4n) is 5.23. The molecule has 2 fully saturated rings. The SMILES string of the molecule is C=CC(=O)N(C)CC(=O)N1CCN(Cc2cc3nc(-c4cccc5[nH]ncc45)nc(N4CCOCC4)c3s2)CC1. The lowest BCUT2D eigenvalue weighted by atomic mass is 10.1. The summed E-state index contributed by atoms with van der Waals surface area (Å²) in [6, 6.07) is 8.22. The van der Waals surface area contributed by atoms with Crippen molar-refractivity contribution >= 4 is 50.1 Å². The molecular weight excluding hydrogens is 528 g/mol. The van der Waals surface area contributed by atoms with Crippen LogP contribution in [0.25, 0.3) is 32.5 Å². The Morgan fingerprint density at radius 1 is 1.15 bits per heavy atom. The normalized spacial score (nSPS) is 16.5. The molecule has 2 aliphatic rings. The Bertz CT molecular complexity index is 1550. The highest BCUT2D eigenvalue weighted by Crippen LogP contribution is 2.36. The fourth-order valence-corrected chi connectivity index (χ4v) is 6.38. The first kappa shape index (κ1) is 26.4. The largest absolute Gasteiger partial charge is 0.378 e. The van der Waals surface area contributed by atoms with Gasteiger partial charge in [-0.2, -0.15) is 5.10 Å². The van der Waals surface area contributed by atoms with Crippen LogP contribution < -0.4 is 4.90 Å². The van der Waals surface area contributed by atoms with Crippen molar-refractivity contribution in [2.45, 2.75) is 6.54 Å². The summed E-state index contributed by atoms with van der Waals surface area (Å²) in [4.78, 5) is 43.6. The molecule has 1 aromatic carbocycles. The lowest BCUT2D eigenvalue weighted by molar-refractivity contribution is -0.138. The number of rotatable bonds is 7. The molecule has 2 aliphatic heterocycles. The summed E-state index contributed by atoms with van der Waals surface area (Å²) in [6.45, 7) is 10.1. The van der Waals surface area contributed by atoms with E-state index >= 15 is 0 Å². The van der Waals surface area contributed by atoms with Gasteiger partial charge in [0, 0.05) is 68.7 Å². The van der Waals surface area contributed by atoms with Gasteiger partial charge in [0.05, 0.1) is 41.7 Å². The number of benzene rings is 1. The molecule has 0 spiro atoms. The number of nitrogens with one attached hydrogen (secondary N) is 1. The summed E-state index contributed by atoms with van der Waals surface area (Å²) in [7, 11) is 1.62. The number of morpholine rings is 1. The molecule has 1 N–H and O–H groups in total. The number of amides is 2. The first-order valence-corrected chi connectivity index (χ1v) is 14.2. The predicted molar refractivity (Wildman–Crippen MR) is 155 cm³/mol. The van der Waals surface area contributed by atoms with Crippen LogP contribution in [0.1, 0.15) is 4.88 Å². The van der Waals surface area contributed by atoms with Crippen LogP contribution in [0.4, 0.5) is 5.82 Å². The highest BCUT2D eigenvalue weighted by molar-refractivity contribution is 7.19. The summed E-state index contributed by atoms with van der Waals surface area (Å²) < 4.78 is 6.70. The second-order valence-corrected chi connectivity index (χ2v) is 11.2. The zero-order valence-electron chi connectivity index (χ0n) is 22.5. The Balaban J connectivity index is 1.22. The Morgan fingerprint density at radius 2 is 1.95 bits per heavy atom. The lowest BCUT2D eigenvalue weighted by Gasteiger charge is -2.35. The van der Waals surface area contributed by atoms with E-state index in [9.17, 15) is 9.59 Å². The third-order valence-corrected chi connectivity index (χ3v) is 8.57. The standard InChI is InChI=1S/C28H32N8O3S/c1-3-24(37)33(2)18-25(38)35-9-7-34(8-10-35)17-19-15-23-26(40-19)28(36-11-13-39-14-12-36)31-27(30-23)20-5-4-6-22-21(20)16-29-32-22/h3-6,15-16H,1,7-14,17-18H2,2H3,(H,29,32). The van der Waals surface area contributed by atoms with Gasteiger partial charge in [-0.15, -0.1) is 11.3 Å². The van der Waals surface area contributed by atoms with E-state index in [0.29, 0.717) is 32.1 Å². The highest BCUT2D eigenvalue weighted by Gasteiger charge is 2.25. The molecule has 5 heterocycles. The Kier molecular flexibility index (Phi) is 7.46. The fraction of sp³-hybridized carbons (Fsp3) is 0.393. The molecule has 40 heavy (non-hydrogen) atoms. The number of hydrogen-bond donors (Lipinski definition) is 1. The summed E-state index contributed by atoms with van der Waals surface area (Å²) in [6.07, 6.45) is 3.05. The van der Waals surface area contributed by atoms with Crippen LogP contribution in [-0.2, 0) is 20.9 Å². The predicted octanol–water partition coefficient (Wildman–Crippen LogP) is 2.36. The minimum absolute atomic E-state index is 0.0372. The maximum absolute atomic E-state index is 12.7. The number of carbonyl (C=O) groups excluding carboxylic acids is 2. The van der Waals surface area contributed by atoms with E-state index in [-0.39, 0.29) is 18.4 Å². The van der Waals surface area contributed by atoms with Crippen molar-refractivity contribution in [2.24, 2.45) is 0 Å². The minimum Gasteiger partial charge on any atom is -0.378 e. The van der Waals surface area contributed by atoms with Crippen molar-refractivity contribution in [3.8, 4) is 11.4 Å². The van der Waals surface area contributed by atoms with Crippen molar-refractivity contribution in [3.63, 3.8) is 0 Å². The summed E-state index contributed by atoms with van der Waals surface area (Å²) >= 11 is 1.74. The van der Waals surface area contributed by atoms with E-state index in [4.69, 9.17) is 14.7 Å². The molecular formula is C28H32N8O3S. The molecule has 4 aromatic rings. The number of nitrogens with zero attached hydrogens (tertiary/aromatic N) is 7. The number of ether oxygens (including phenoxy) is 1. The van der Waals surface area contributed by atoms with Gasteiger partial charge in [-0.3, -0.25) is 19.6 Å². The van der Waals surface area contributed by atoms with Gasteiger partial charge in [0.15, 0.2) is 11.6 Å². The van der Waals surface area contributed by atoms with E-state index in [2.05, 4.69) is 32.6 Å².